The van der Waals surface area contributed by atoms with E-state index in [0.717, 1.165) is 6.42 Å². The summed E-state index contributed by atoms with van der Waals surface area (Å²) in [7, 11) is -3.58. The predicted octanol–water partition coefficient (Wildman–Crippen LogP) is 1.24. The third-order valence-corrected chi connectivity index (χ3v) is 3.89. The Balaban J connectivity index is 4.25. The number of carbonyl (C=O) groups is 1. The van der Waals surface area contributed by atoms with Crippen LogP contribution in [0.4, 0.5) is 0 Å². The van der Waals surface area contributed by atoms with Gasteiger partial charge in [0.2, 0.25) is 10.0 Å². The molecule has 18 heavy (non-hydrogen) atoms. The smallest absolute Gasteiger partial charge is 0.321 e. The van der Waals surface area contributed by atoms with Gasteiger partial charge in [0.05, 0.1) is 11.8 Å². The highest BCUT2D eigenvalue weighted by atomic mass is 32.2. The summed E-state index contributed by atoms with van der Waals surface area (Å²) in [6, 6.07) is 0.881. The second-order valence-corrected chi connectivity index (χ2v) is 5.96. The minimum Gasteiger partial charge on any atom is -0.480 e. The molecule has 0 aromatic carbocycles. The molecule has 0 aliphatic heterocycles. The van der Waals surface area contributed by atoms with Gasteiger partial charge in [-0.05, 0) is 19.3 Å². The molecule has 0 aromatic heterocycles. The van der Waals surface area contributed by atoms with Crippen molar-refractivity contribution in [2.24, 2.45) is 0 Å². The van der Waals surface area contributed by atoms with E-state index in [-0.39, 0.29) is 5.75 Å². The molecule has 0 aliphatic rings. The topological polar surface area (TPSA) is 107 Å². The maximum atomic E-state index is 11.6. The zero-order chi connectivity index (χ0) is 14.0. The molecule has 0 amide bonds. The van der Waals surface area contributed by atoms with Crippen molar-refractivity contribution in [2.75, 3.05) is 5.75 Å². The van der Waals surface area contributed by atoms with Crippen molar-refractivity contribution in [2.45, 2.75) is 51.5 Å². The third kappa shape index (κ3) is 8.03. The summed E-state index contributed by atoms with van der Waals surface area (Å²) in [4.78, 5) is 10.9. The molecule has 0 rings (SSSR count). The van der Waals surface area contributed by atoms with Gasteiger partial charge in [0.1, 0.15) is 6.04 Å². The van der Waals surface area contributed by atoms with E-state index >= 15 is 0 Å². The van der Waals surface area contributed by atoms with Crippen LogP contribution < -0.4 is 4.72 Å². The third-order valence-electron chi connectivity index (χ3n) is 2.42. The number of sulfonamides is 1. The van der Waals surface area contributed by atoms with Crippen LogP contribution in [0.3, 0.4) is 0 Å². The van der Waals surface area contributed by atoms with Crippen LogP contribution in [0.5, 0.6) is 0 Å². The van der Waals surface area contributed by atoms with Crippen LogP contribution in [0.25, 0.3) is 0 Å². The quantitative estimate of drug-likeness (QED) is 0.584. The molecule has 0 unspecified atom stereocenters. The summed E-state index contributed by atoms with van der Waals surface area (Å²) in [5, 5.41) is 17.2. The van der Waals surface area contributed by atoms with Crippen LogP contribution in [-0.4, -0.2) is 31.3 Å². The van der Waals surface area contributed by atoms with E-state index in [4.69, 9.17) is 10.4 Å². The molecule has 0 saturated heterocycles. The second kappa shape index (κ2) is 8.89. The molecule has 1 atom stereocenters. The number of hydrogen-bond donors (Lipinski definition) is 2. The van der Waals surface area contributed by atoms with Crippen molar-refractivity contribution >= 4 is 16.0 Å². The van der Waals surface area contributed by atoms with Gasteiger partial charge in [0, 0.05) is 6.42 Å². The minimum atomic E-state index is -3.58. The Morgan fingerprint density at radius 2 is 2.06 bits per heavy atom. The Kier molecular flexibility index (Phi) is 8.33. The number of nitriles is 1. The molecule has 0 fully saturated rings. The number of aliphatic carboxylic acids is 1. The molecule has 0 spiro atoms. The van der Waals surface area contributed by atoms with Gasteiger partial charge in [-0.15, -0.1) is 0 Å². The van der Waals surface area contributed by atoms with Crippen LogP contribution in [0.2, 0.25) is 0 Å². The summed E-state index contributed by atoms with van der Waals surface area (Å²) in [5.74, 6) is -1.28. The maximum Gasteiger partial charge on any atom is 0.321 e. The van der Waals surface area contributed by atoms with Crippen LogP contribution in [0.1, 0.15) is 45.4 Å². The zero-order valence-corrected chi connectivity index (χ0v) is 11.4. The lowest BCUT2D eigenvalue weighted by atomic mass is 10.1. The summed E-state index contributed by atoms with van der Waals surface area (Å²) in [6.07, 6.45) is 2.95. The van der Waals surface area contributed by atoms with Gasteiger partial charge in [-0.1, -0.05) is 19.8 Å². The molecular weight excluding hydrogens is 256 g/mol. The Morgan fingerprint density at radius 1 is 1.39 bits per heavy atom. The average Bonchev–Trinajstić information content (AvgIpc) is 2.30. The van der Waals surface area contributed by atoms with E-state index in [2.05, 4.69) is 4.72 Å². The molecule has 104 valence electrons. The number of nitrogens with one attached hydrogen (secondary N) is 1. The largest absolute Gasteiger partial charge is 0.480 e. The first-order valence-electron chi connectivity index (χ1n) is 6.02. The van der Waals surface area contributed by atoms with E-state index in [1.807, 2.05) is 13.0 Å². The summed E-state index contributed by atoms with van der Waals surface area (Å²) in [6.45, 7) is 1.91. The van der Waals surface area contributed by atoms with Crippen LogP contribution in [0, 0.1) is 11.3 Å². The SMILES string of the molecule is CCCC[C@H](NS(=O)(=O)CCCCC#N)C(=O)O. The van der Waals surface area contributed by atoms with E-state index in [1.54, 1.807) is 0 Å². The fraction of sp³-hybridized carbons (Fsp3) is 0.818. The summed E-state index contributed by atoms with van der Waals surface area (Å²) in [5.41, 5.74) is 0. The lowest BCUT2D eigenvalue weighted by molar-refractivity contribution is -0.139. The minimum absolute atomic E-state index is 0.134. The lowest BCUT2D eigenvalue weighted by Gasteiger charge is -2.14. The number of unbranched alkanes of at least 4 members (excludes halogenated alkanes) is 3. The number of nitrogens with zero attached hydrogens (tertiary/aromatic N) is 1. The molecule has 0 aromatic rings. The van der Waals surface area contributed by atoms with Gasteiger partial charge < -0.3 is 5.11 Å². The van der Waals surface area contributed by atoms with Crippen LogP contribution >= 0.6 is 0 Å². The van der Waals surface area contributed by atoms with Gasteiger partial charge >= 0.3 is 5.97 Å². The lowest BCUT2D eigenvalue weighted by Crippen LogP contribution is -2.41. The first kappa shape index (κ1) is 16.9. The van der Waals surface area contributed by atoms with Gasteiger partial charge in [-0.3, -0.25) is 4.79 Å². The summed E-state index contributed by atoms with van der Waals surface area (Å²) < 4.78 is 25.4. The highest BCUT2D eigenvalue weighted by Crippen LogP contribution is 2.04. The summed E-state index contributed by atoms with van der Waals surface area (Å²) >= 11 is 0. The molecule has 0 aliphatic carbocycles. The van der Waals surface area contributed by atoms with Crippen molar-refractivity contribution < 1.29 is 18.3 Å². The fourth-order valence-electron chi connectivity index (χ4n) is 1.41. The number of rotatable bonds is 10. The van der Waals surface area contributed by atoms with Gasteiger partial charge in [-0.2, -0.15) is 5.26 Å². The molecule has 0 saturated carbocycles. The predicted molar refractivity (Wildman–Crippen MR) is 67.3 cm³/mol. The van der Waals surface area contributed by atoms with Crippen molar-refractivity contribution in [3.63, 3.8) is 0 Å². The maximum absolute atomic E-state index is 11.6. The van der Waals surface area contributed by atoms with Gasteiger partial charge in [-0.25, -0.2) is 13.1 Å². The van der Waals surface area contributed by atoms with Gasteiger partial charge in [0.25, 0.3) is 0 Å². The Hall–Kier alpha value is -1.13. The van der Waals surface area contributed by atoms with E-state index in [0.29, 0.717) is 32.1 Å². The molecule has 6 nitrogen and oxygen atoms in total. The van der Waals surface area contributed by atoms with Crippen molar-refractivity contribution in [1.29, 1.82) is 5.26 Å². The Labute approximate surface area is 108 Å². The highest BCUT2D eigenvalue weighted by molar-refractivity contribution is 7.89. The molecular formula is C11H20N2O4S. The average molecular weight is 276 g/mol. The molecule has 0 heterocycles. The van der Waals surface area contributed by atoms with E-state index in [9.17, 15) is 13.2 Å². The van der Waals surface area contributed by atoms with E-state index < -0.39 is 22.0 Å². The Morgan fingerprint density at radius 3 is 2.56 bits per heavy atom. The molecule has 2 N–H and O–H groups in total. The number of carboxylic acid groups (broad SMARTS) is 1. The monoisotopic (exact) mass is 276 g/mol. The normalized spacial score (nSPS) is 12.9. The van der Waals surface area contributed by atoms with Crippen molar-refractivity contribution in [3.8, 4) is 6.07 Å². The second-order valence-electron chi connectivity index (χ2n) is 4.08. The standard InChI is InChI=1S/C11H20N2O4S/c1-2-3-7-10(11(14)15)13-18(16,17)9-6-4-5-8-12/h10,13H,2-7,9H2,1H3,(H,14,15)/t10-/m0/s1. The molecule has 7 heteroatoms. The van der Waals surface area contributed by atoms with Crippen molar-refractivity contribution in [3.05, 3.63) is 0 Å². The molecule has 0 bridgehead atoms. The first-order valence-corrected chi connectivity index (χ1v) is 7.68. The van der Waals surface area contributed by atoms with Crippen LogP contribution in [0.15, 0.2) is 0 Å². The zero-order valence-electron chi connectivity index (χ0n) is 10.6. The number of carboxylic acids is 1. The molecule has 0 radical (unpaired) electrons. The van der Waals surface area contributed by atoms with Crippen LogP contribution in [-0.2, 0) is 14.8 Å². The Bertz CT molecular complexity index is 386. The fourth-order valence-corrected chi connectivity index (χ4v) is 2.77. The number of hydrogen-bond acceptors (Lipinski definition) is 4. The first-order chi connectivity index (χ1) is 8.43. The van der Waals surface area contributed by atoms with Crippen molar-refractivity contribution in [1.82, 2.24) is 4.72 Å². The van der Waals surface area contributed by atoms with Gasteiger partial charge in [0.15, 0.2) is 0 Å². The van der Waals surface area contributed by atoms with E-state index in [1.165, 1.54) is 0 Å². The highest BCUT2D eigenvalue weighted by Gasteiger charge is 2.22.